The zero-order valence-electron chi connectivity index (χ0n) is 16.8. The number of amides is 3. The van der Waals surface area contributed by atoms with Crippen molar-refractivity contribution in [3.05, 3.63) is 65.5 Å². The maximum atomic E-state index is 13.7. The molecule has 2 aromatic carbocycles. The van der Waals surface area contributed by atoms with Crippen molar-refractivity contribution in [2.75, 3.05) is 18.5 Å². The van der Waals surface area contributed by atoms with Gasteiger partial charge < -0.3 is 20.3 Å². The Hall–Kier alpha value is -2.93. The summed E-state index contributed by atoms with van der Waals surface area (Å²) in [6.07, 6.45) is 4.31. The van der Waals surface area contributed by atoms with Crippen molar-refractivity contribution in [2.24, 2.45) is 0 Å². The van der Waals surface area contributed by atoms with Gasteiger partial charge in [0.25, 0.3) is 5.91 Å². The lowest BCUT2D eigenvalue weighted by atomic mass is 9.90. The van der Waals surface area contributed by atoms with Gasteiger partial charge in [-0.05, 0) is 37.1 Å². The summed E-state index contributed by atoms with van der Waals surface area (Å²) in [6, 6.07) is 13.0. The third kappa shape index (κ3) is 4.62. The van der Waals surface area contributed by atoms with Gasteiger partial charge in [0.1, 0.15) is 5.82 Å². The van der Waals surface area contributed by atoms with E-state index < -0.39 is 0 Å². The molecule has 1 aliphatic carbocycles. The van der Waals surface area contributed by atoms with E-state index >= 15 is 0 Å². The Labute approximate surface area is 175 Å². The SMILES string of the molecule is O=C(NCc1ccccc1F)c1cccc(NC(=O)N2CCO[C@H]3CCCC[C@H]32)c1. The molecule has 2 fully saturated rings. The zero-order valence-corrected chi connectivity index (χ0v) is 16.8. The van der Waals surface area contributed by atoms with Crippen molar-refractivity contribution in [2.45, 2.75) is 44.4 Å². The normalized spacial score (nSPS) is 20.9. The molecule has 0 spiro atoms. The first kappa shape index (κ1) is 20.3. The summed E-state index contributed by atoms with van der Waals surface area (Å²) in [6.45, 7) is 1.21. The Kier molecular flexibility index (Phi) is 6.28. The van der Waals surface area contributed by atoms with Crippen molar-refractivity contribution >= 4 is 17.6 Å². The molecule has 1 aliphatic heterocycles. The Morgan fingerprint density at radius 1 is 1.10 bits per heavy atom. The van der Waals surface area contributed by atoms with E-state index in [9.17, 15) is 14.0 Å². The van der Waals surface area contributed by atoms with Crippen LogP contribution in [0.1, 0.15) is 41.6 Å². The third-order valence-corrected chi connectivity index (χ3v) is 5.77. The molecule has 0 unspecified atom stereocenters. The van der Waals surface area contributed by atoms with Crippen LogP contribution in [0.2, 0.25) is 0 Å². The van der Waals surface area contributed by atoms with Gasteiger partial charge in [-0.15, -0.1) is 0 Å². The maximum absolute atomic E-state index is 13.7. The highest BCUT2D eigenvalue weighted by Gasteiger charge is 2.36. The summed E-state index contributed by atoms with van der Waals surface area (Å²) in [5.41, 5.74) is 1.38. The number of hydrogen-bond donors (Lipinski definition) is 2. The van der Waals surface area contributed by atoms with Gasteiger partial charge in [0.05, 0.1) is 18.8 Å². The molecule has 0 bridgehead atoms. The highest BCUT2D eigenvalue weighted by atomic mass is 19.1. The van der Waals surface area contributed by atoms with Gasteiger partial charge in [-0.2, -0.15) is 0 Å². The minimum absolute atomic E-state index is 0.0962. The lowest BCUT2D eigenvalue weighted by Gasteiger charge is -2.43. The third-order valence-electron chi connectivity index (χ3n) is 5.77. The first-order chi connectivity index (χ1) is 14.6. The Bertz CT molecular complexity index is 918. The fourth-order valence-electron chi connectivity index (χ4n) is 4.20. The molecule has 3 amide bonds. The second kappa shape index (κ2) is 9.26. The van der Waals surface area contributed by atoms with Crippen LogP contribution in [0, 0.1) is 5.82 Å². The quantitative estimate of drug-likeness (QED) is 0.801. The molecular weight excluding hydrogens is 385 g/mol. The number of morpholine rings is 1. The maximum Gasteiger partial charge on any atom is 0.322 e. The molecule has 2 N–H and O–H groups in total. The lowest BCUT2D eigenvalue weighted by Crippen LogP contribution is -2.55. The molecular formula is C23H26FN3O3. The molecule has 0 aromatic heterocycles. The molecule has 0 radical (unpaired) electrons. The highest BCUT2D eigenvalue weighted by molar-refractivity contribution is 5.97. The summed E-state index contributed by atoms with van der Waals surface area (Å²) in [5.74, 6) is -0.682. The number of urea groups is 1. The molecule has 2 aromatic rings. The summed E-state index contributed by atoms with van der Waals surface area (Å²) in [4.78, 5) is 27.2. The molecule has 158 valence electrons. The van der Waals surface area contributed by atoms with Crippen molar-refractivity contribution in [1.29, 1.82) is 0 Å². The van der Waals surface area contributed by atoms with Gasteiger partial charge in [0.15, 0.2) is 0 Å². The minimum Gasteiger partial charge on any atom is -0.374 e. The number of hydrogen-bond acceptors (Lipinski definition) is 3. The average molecular weight is 411 g/mol. The number of rotatable bonds is 4. The van der Waals surface area contributed by atoms with Gasteiger partial charge in [-0.3, -0.25) is 4.79 Å². The molecule has 30 heavy (non-hydrogen) atoms. The van der Waals surface area contributed by atoms with Crippen LogP contribution in [0.4, 0.5) is 14.9 Å². The molecule has 1 saturated carbocycles. The predicted octanol–water partition coefficient (Wildman–Crippen LogP) is 3.93. The van der Waals surface area contributed by atoms with Crippen LogP contribution >= 0.6 is 0 Å². The van der Waals surface area contributed by atoms with Crippen molar-refractivity contribution < 1.29 is 18.7 Å². The number of halogens is 1. The molecule has 4 rings (SSSR count). The summed E-state index contributed by atoms with van der Waals surface area (Å²) >= 11 is 0. The summed E-state index contributed by atoms with van der Waals surface area (Å²) in [5, 5.41) is 5.63. The van der Waals surface area contributed by atoms with Gasteiger partial charge in [0.2, 0.25) is 0 Å². The molecule has 7 heteroatoms. The molecule has 2 aliphatic rings. The summed E-state index contributed by atoms with van der Waals surface area (Å²) < 4.78 is 19.6. The number of nitrogens with one attached hydrogen (secondary N) is 2. The second-order valence-electron chi connectivity index (χ2n) is 7.74. The number of anilines is 1. The van der Waals surface area contributed by atoms with E-state index in [1.54, 1.807) is 42.5 Å². The topological polar surface area (TPSA) is 70.7 Å². The Morgan fingerprint density at radius 3 is 2.80 bits per heavy atom. The van der Waals surface area contributed by atoms with Crippen molar-refractivity contribution in [1.82, 2.24) is 10.2 Å². The van der Waals surface area contributed by atoms with Crippen LogP contribution in [0.25, 0.3) is 0 Å². The Morgan fingerprint density at radius 2 is 1.93 bits per heavy atom. The zero-order chi connectivity index (χ0) is 20.9. The van der Waals surface area contributed by atoms with E-state index in [2.05, 4.69) is 10.6 Å². The van der Waals surface area contributed by atoms with E-state index in [-0.39, 0.29) is 36.4 Å². The molecule has 1 saturated heterocycles. The lowest BCUT2D eigenvalue weighted by molar-refractivity contribution is -0.0694. The standard InChI is InChI=1S/C23H26FN3O3/c24-19-9-2-1-6-17(19)15-25-22(28)16-7-5-8-18(14-16)26-23(29)27-12-13-30-21-11-4-3-10-20(21)27/h1-2,5-9,14,20-21H,3-4,10-13,15H2,(H,25,28)(H,26,29)/t20-,21+/m1/s1. The Balaban J connectivity index is 1.38. The van der Waals surface area contributed by atoms with Crippen LogP contribution in [0.15, 0.2) is 48.5 Å². The number of fused-ring (bicyclic) bond motifs is 1. The van der Waals surface area contributed by atoms with Crippen LogP contribution < -0.4 is 10.6 Å². The summed E-state index contributed by atoms with van der Waals surface area (Å²) in [7, 11) is 0. The predicted molar refractivity (Wildman–Crippen MR) is 112 cm³/mol. The van der Waals surface area contributed by atoms with Gasteiger partial charge in [-0.25, -0.2) is 9.18 Å². The van der Waals surface area contributed by atoms with Crippen LogP contribution in [-0.2, 0) is 11.3 Å². The first-order valence-corrected chi connectivity index (χ1v) is 10.4. The highest BCUT2D eigenvalue weighted by Crippen LogP contribution is 2.29. The number of nitrogens with zero attached hydrogens (tertiary/aromatic N) is 1. The van der Waals surface area contributed by atoms with E-state index in [0.29, 0.717) is 30.0 Å². The van der Waals surface area contributed by atoms with Crippen molar-refractivity contribution in [3.63, 3.8) is 0 Å². The fraction of sp³-hybridized carbons (Fsp3) is 0.391. The number of carbonyl (C=O) groups is 2. The van der Waals surface area contributed by atoms with Crippen LogP contribution in [0.5, 0.6) is 0 Å². The second-order valence-corrected chi connectivity index (χ2v) is 7.74. The number of benzene rings is 2. The van der Waals surface area contributed by atoms with Crippen LogP contribution in [-0.4, -0.2) is 42.1 Å². The van der Waals surface area contributed by atoms with E-state index in [0.717, 1.165) is 25.7 Å². The van der Waals surface area contributed by atoms with E-state index in [4.69, 9.17) is 4.74 Å². The number of ether oxygens (including phenoxy) is 1. The van der Waals surface area contributed by atoms with E-state index in [1.165, 1.54) is 6.07 Å². The van der Waals surface area contributed by atoms with E-state index in [1.807, 2.05) is 4.90 Å². The monoisotopic (exact) mass is 411 g/mol. The minimum atomic E-state index is -0.356. The number of carbonyl (C=O) groups excluding carboxylic acids is 2. The smallest absolute Gasteiger partial charge is 0.322 e. The first-order valence-electron chi connectivity index (χ1n) is 10.4. The molecule has 6 nitrogen and oxygen atoms in total. The van der Waals surface area contributed by atoms with Crippen LogP contribution in [0.3, 0.4) is 0 Å². The van der Waals surface area contributed by atoms with Gasteiger partial charge >= 0.3 is 6.03 Å². The molecule has 2 atom stereocenters. The average Bonchev–Trinajstić information content (AvgIpc) is 2.78. The fourth-order valence-corrected chi connectivity index (χ4v) is 4.20. The van der Waals surface area contributed by atoms with Crippen molar-refractivity contribution in [3.8, 4) is 0 Å². The largest absolute Gasteiger partial charge is 0.374 e. The molecule has 1 heterocycles. The van der Waals surface area contributed by atoms with Gasteiger partial charge in [-0.1, -0.05) is 37.1 Å². The van der Waals surface area contributed by atoms with Gasteiger partial charge in [0, 0.05) is 29.9 Å².